The van der Waals surface area contributed by atoms with E-state index in [4.69, 9.17) is 0 Å². The molecule has 2 N–H and O–H groups in total. The Morgan fingerprint density at radius 3 is 2.24 bits per heavy atom. The number of rotatable bonds is 3. The van der Waals surface area contributed by atoms with Crippen molar-refractivity contribution in [3.63, 3.8) is 0 Å². The molecule has 0 unspecified atom stereocenters. The summed E-state index contributed by atoms with van der Waals surface area (Å²) in [5.41, 5.74) is 0. The van der Waals surface area contributed by atoms with Crippen LogP contribution in [0, 0.1) is 0 Å². The molecule has 2 amide bonds. The standard InChI is InChI=1S/C13H24N2O2/c1-3-10(2)14-12(16)13(17)15-11-8-6-4-5-7-9-11/h10-11H,3-9H2,1-2H3,(H,14,16)(H,15,17)/t10-/m1/s1. The van der Waals surface area contributed by atoms with Crippen LogP contribution < -0.4 is 10.6 Å². The van der Waals surface area contributed by atoms with E-state index in [2.05, 4.69) is 10.6 Å². The normalized spacial score (nSPS) is 19.2. The van der Waals surface area contributed by atoms with Crippen molar-refractivity contribution in [1.82, 2.24) is 10.6 Å². The van der Waals surface area contributed by atoms with Crippen LogP contribution in [-0.2, 0) is 9.59 Å². The number of nitrogens with one attached hydrogen (secondary N) is 2. The zero-order valence-corrected chi connectivity index (χ0v) is 10.9. The van der Waals surface area contributed by atoms with Gasteiger partial charge in [0.25, 0.3) is 0 Å². The van der Waals surface area contributed by atoms with Crippen LogP contribution in [0.4, 0.5) is 0 Å². The first kappa shape index (κ1) is 14.0. The highest BCUT2D eigenvalue weighted by molar-refractivity contribution is 6.35. The van der Waals surface area contributed by atoms with Gasteiger partial charge >= 0.3 is 11.8 Å². The van der Waals surface area contributed by atoms with Crippen LogP contribution in [0.1, 0.15) is 58.8 Å². The monoisotopic (exact) mass is 240 g/mol. The van der Waals surface area contributed by atoms with E-state index < -0.39 is 11.8 Å². The van der Waals surface area contributed by atoms with Crippen LogP contribution in [0.15, 0.2) is 0 Å². The van der Waals surface area contributed by atoms with Gasteiger partial charge in [0.15, 0.2) is 0 Å². The molecule has 4 heteroatoms. The molecular formula is C13H24N2O2. The van der Waals surface area contributed by atoms with Gasteiger partial charge < -0.3 is 10.6 Å². The van der Waals surface area contributed by atoms with Crippen molar-refractivity contribution >= 4 is 11.8 Å². The zero-order chi connectivity index (χ0) is 12.7. The number of amides is 2. The summed E-state index contributed by atoms with van der Waals surface area (Å²) >= 11 is 0. The van der Waals surface area contributed by atoms with Gasteiger partial charge in [-0.2, -0.15) is 0 Å². The maximum Gasteiger partial charge on any atom is 0.309 e. The molecule has 17 heavy (non-hydrogen) atoms. The summed E-state index contributed by atoms with van der Waals surface area (Å²) in [6.07, 6.45) is 7.62. The smallest absolute Gasteiger partial charge is 0.309 e. The lowest BCUT2D eigenvalue weighted by Gasteiger charge is -2.17. The summed E-state index contributed by atoms with van der Waals surface area (Å²) in [7, 11) is 0. The van der Waals surface area contributed by atoms with E-state index in [1.165, 1.54) is 12.8 Å². The van der Waals surface area contributed by atoms with Crippen molar-refractivity contribution in [2.45, 2.75) is 70.9 Å². The second-order valence-electron chi connectivity index (χ2n) is 4.94. The van der Waals surface area contributed by atoms with Crippen molar-refractivity contribution in [2.75, 3.05) is 0 Å². The lowest BCUT2D eigenvalue weighted by molar-refractivity contribution is -0.140. The van der Waals surface area contributed by atoms with E-state index >= 15 is 0 Å². The molecule has 0 aromatic carbocycles. The molecule has 1 aliphatic rings. The van der Waals surface area contributed by atoms with Crippen molar-refractivity contribution in [3.8, 4) is 0 Å². The predicted octanol–water partition coefficient (Wildman–Crippen LogP) is 1.74. The first-order valence-electron chi connectivity index (χ1n) is 6.74. The summed E-state index contributed by atoms with van der Waals surface area (Å²) in [4.78, 5) is 23.2. The highest BCUT2D eigenvalue weighted by Gasteiger charge is 2.20. The van der Waals surface area contributed by atoms with Gasteiger partial charge in [-0.15, -0.1) is 0 Å². The third kappa shape index (κ3) is 5.20. The van der Waals surface area contributed by atoms with E-state index in [9.17, 15) is 9.59 Å². The minimum Gasteiger partial charge on any atom is -0.345 e. The van der Waals surface area contributed by atoms with Crippen LogP contribution in [0.25, 0.3) is 0 Å². The van der Waals surface area contributed by atoms with E-state index in [1.54, 1.807) is 0 Å². The molecule has 1 rings (SSSR count). The number of hydrogen-bond acceptors (Lipinski definition) is 2. The highest BCUT2D eigenvalue weighted by Crippen LogP contribution is 2.16. The third-order valence-electron chi connectivity index (χ3n) is 3.39. The summed E-state index contributed by atoms with van der Waals surface area (Å²) in [5.74, 6) is -0.971. The van der Waals surface area contributed by atoms with Gasteiger partial charge in [-0.3, -0.25) is 9.59 Å². The Labute approximate surface area is 104 Å². The fourth-order valence-electron chi connectivity index (χ4n) is 2.07. The molecule has 1 aliphatic carbocycles. The number of carbonyl (C=O) groups is 2. The maximum atomic E-state index is 11.7. The average Bonchev–Trinajstić information content (AvgIpc) is 2.57. The third-order valence-corrected chi connectivity index (χ3v) is 3.39. The predicted molar refractivity (Wildman–Crippen MR) is 67.5 cm³/mol. The quantitative estimate of drug-likeness (QED) is 0.583. The van der Waals surface area contributed by atoms with E-state index in [-0.39, 0.29) is 12.1 Å². The summed E-state index contributed by atoms with van der Waals surface area (Å²) in [6.45, 7) is 3.88. The Morgan fingerprint density at radius 2 is 1.71 bits per heavy atom. The Balaban J connectivity index is 2.34. The van der Waals surface area contributed by atoms with E-state index in [0.29, 0.717) is 0 Å². The second-order valence-corrected chi connectivity index (χ2v) is 4.94. The Bertz CT molecular complexity index is 258. The Hall–Kier alpha value is -1.06. The van der Waals surface area contributed by atoms with Gasteiger partial charge in [-0.25, -0.2) is 0 Å². The molecule has 98 valence electrons. The van der Waals surface area contributed by atoms with Gasteiger partial charge in [-0.05, 0) is 26.2 Å². The van der Waals surface area contributed by atoms with E-state index in [1.807, 2.05) is 13.8 Å². The molecule has 0 bridgehead atoms. The number of hydrogen-bond donors (Lipinski definition) is 2. The second kappa shape index (κ2) is 7.30. The van der Waals surface area contributed by atoms with Gasteiger partial charge in [0, 0.05) is 12.1 Å². The van der Waals surface area contributed by atoms with Crippen LogP contribution in [0.5, 0.6) is 0 Å². The van der Waals surface area contributed by atoms with Crippen molar-refractivity contribution in [2.24, 2.45) is 0 Å². The van der Waals surface area contributed by atoms with Crippen molar-refractivity contribution in [1.29, 1.82) is 0 Å². The highest BCUT2D eigenvalue weighted by atomic mass is 16.2. The topological polar surface area (TPSA) is 58.2 Å². The maximum absolute atomic E-state index is 11.7. The molecule has 0 saturated heterocycles. The molecule has 0 radical (unpaired) electrons. The first-order valence-corrected chi connectivity index (χ1v) is 6.74. The molecule has 0 aliphatic heterocycles. The fraction of sp³-hybridized carbons (Fsp3) is 0.846. The summed E-state index contributed by atoms with van der Waals surface area (Å²) < 4.78 is 0. The lowest BCUT2D eigenvalue weighted by atomic mass is 10.1. The van der Waals surface area contributed by atoms with Gasteiger partial charge in [0.05, 0.1) is 0 Å². The Morgan fingerprint density at radius 1 is 1.12 bits per heavy atom. The first-order chi connectivity index (χ1) is 8.13. The zero-order valence-electron chi connectivity index (χ0n) is 10.9. The fourth-order valence-corrected chi connectivity index (χ4v) is 2.07. The molecule has 1 atom stereocenters. The lowest BCUT2D eigenvalue weighted by Crippen LogP contribution is -2.46. The Kier molecular flexibility index (Phi) is 6.01. The minimum atomic E-state index is -0.497. The van der Waals surface area contributed by atoms with Crippen LogP contribution in [-0.4, -0.2) is 23.9 Å². The molecule has 4 nitrogen and oxygen atoms in total. The van der Waals surface area contributed by atoms with Crippen molar-refractivity contribution in [3.05, 3.63) is 0 Å². The molecule has 1 saturated carbocycles. The summed E-state index contributed by atoms with van der Waals surface area (Å²) in [5, 5.41) is 5.52. The number of carbonyl (C=O) groups excluding carboxylic acids is 2. The minimum absolute atomic E-state index is 0.0578. The molecule has 0 aromatic heterocycles. The summed E-state index contributed by atoms with van der Waals surface area (Å²) in [6, 6.07) is 0.245. The molecule has 0 spiro atoms. The van der Waals surface area contributed by atoms with E-state index in [0.717, 1.165) is 32.1 Å². The SMILES string of the molecule is CC[C@@H](C)NC(=O)C(=O)NC1CCCCCC1. The molecule has 0 heterocycles. The van der Waals surface area contributed by atoms with Gasteiger partial charge in [0.1, 0.15) is 0 Å². The van der Waals surface area contributed by atoms with Gasteiger partial charge in [0.2, 0.25) is 0 Å². The molecule has 0 aromatic rings. The molecular weight excluding hydrogens is 216 g/mol. The van der Waals surface area contributed by atoms with Crippen LogP contribution in [0.3, 0.4) is 0 Å². The molecule has 1 fully saturated rings. The van der Waals surface area contributed by atoms with Gasteiger partial charge in [-0.1, -0.05) is 32.6 Å². The van der Waals surface area contributed by atoms with Crippen LogP contribution in [0.2, 0.25) is 0 Å². The average molecular weight is 240 g/mol. The largest absolute Gasteiger partial charge is 0.345 e. The van der Waals surface area contributed by atoms with Crippen LogP contribution >= 0.6 is 0 Å². The van der Waals surface area contributed by atoms with Crippen molar-refractivity contribution < 1.29 is 9.59 Å².